The number of rotatable bonds is 6. The summed E-state index contributed by atoms with van der Waals surface area (Å²) in [7, 11) is 0. The van der Waals surface area contributed by atoms with Gasteiger partial charge < -0.3 is 15.1 Å². The molecule has 6 nitrogen and oxygen atoms in total. The summed E-state index contributed by atoms with van der Waals surface area (Å²) in [5.41, 5.74) is 2.23. The van der Waals surface area contributed by atoms with Crippen molar-refractivity contribution < 1.29 is 18.4 Å². The van der Waals surface area contributed by atoms with E-state index in [1.54, 1.807) is 66.7 Å². The molecule has 1 saturated carbocycles. The molecule has 2 N–H and O–H groups in total. The fraction of sp³-hybridized carbons (Fsp3) is 0.115. The van der Waals surface area contributed by atoms with Crippen molar-refractivity contribution in [1.29, 1.82) is 0 Å². The van der Waals surface area contributed by atoms with Gasteiger partial charge in [-0.3, -0.25) is 9.59 Å². The molecule has 2 amide bonds. The van der Waals surface area contributed by atoms with Gasteiger partial charge in [-0.2, -0.15) is 0 Å². The molecule has 0 radical (unpaired) electrons. The number of benzene rings is 3. The van der Waals surface area contributed by atoms with E-state index in [4.69, 9.17) is 4.42 Å². The number of anilines is 1. The number of oxazole rings is 1. The van der Waals surface area contributed by atoms with Crippen LogP contribution < -0.4 is 10.6 Å². The number of halogens is 1. The molecule has 4 aromatic rings. The zero-order valence-corrected chi connectivity index (χ0v) is 17.5. The first-order chi connectivity index (χ1) is 16.1. The van der Waals surface area contributed by atoms with Crippen LogP contribution in [0.2, 0.25) is 0 Å². The highest BCUT2D eigenvalue weighted by Gasteiger charge is 2.24. The Bertz CT molecular complexity index is 1330. The highest BCUT2D eigenvalue weighted by atomic mass is 19.1. The Hall–Kier alpha value is -4.26. The predicted molar refractivity (Wildman–Crippen MR) is 122 cm³/mol. The highest BCUT2D eigenvalue weighted by molar-refractivity contribution is 6.08. The first kappa shape index (κ1) is 20.6. The van der Waals surface area contributed by atoms with Crippen LogP contribution in [0.3, 0.4) is 0 Å². The number of hydrogen-bond acceptors (Lipinski definition) is 4. The fourth-order valence-corrected chi connectivity index (χ4v) is 3.45. The molecule has 7 heteroatoms. The number of hydrogen-bond donors (Lipinski definition) is 2. The van der Waals surface area contributed by atoms with E-state index in [2.05, 4.69) is 15.6 Å². The first-order valence-electron chi connectivity index (χ1n) is 10.6. The Morgan fingerprint density at radius 1 is 0.879 bits per heavy atom. The Balaban J connectivity index is 1.35. The molecule has 0 atom stereocenters. The minimum atomic E-state index is -0.416. The van der Waals surface area contributed by atoms with E-state index in [-0.39, 0.29) is 29.5 Å². The Morgan fingerprint density at radius 3 is 2.30 bits per heavy atom. The number of nitrogens with zero attached hydrogens (tertiary/aromatic N) is 1. The van der Waals surface area contributed by atoms with Gasteiger partial charge in [0.2, 0.25) is 5.89 Å². The molecule has 5 rings (SSSR count). The Kier molecular flexibility index (Phi) is 5.44. The summed E-state index contributed by atoms with van der Waals surface area (Å²) in [5, 5.41) is 5.77. The van der Waals surface area contributed by atoms with Crippen molar-refractivity contribution in [2.24, 2.45) is 0 Å². The van der Waals surface area contributed by atoms with E-state index < -0.39 is 5.82 Å². The number of carbonyl (C=O) groups is 2. The van der Waals surface area contributed by atoms with Crippen molar-refractivity contribution >= 4 is 17.5 Å². The van der Waals surface area contributed by atoms with Gasteiger partial charge in [-0.1, -0.05) is 24.3 Å². The quantitative estimate of drug-likeness (QED) is 0.426. The molecule has 1 heterocycles. The lowest BCUT2D eigenvalue weighted by molar-refractivity contribution is 0.0950. The van der Waals surface area contributed by atoms with Gasteiger partial charge in [0.15, 0.2) is 5.76 Å². The summed E-state index contributed by atoms with van der Waals surface area (Å²) in [6.45, 7) is 0. The van der Waals surface area contributed by atoms with Crippen molar-refractivity contribution in [1.82, 2.24) is 10.3 Å². The zero-order chi connectivity index (χ0) is 22.8. The van der Waals surface area contributed by atoms with Gasteiger partial charge in [0.1, 0.15) is 5.82 Å². The van der Waals surface area contributed by atoms with Crippen molar-refractivity contribution in [3.8, 4) is 22.8 Å². The van der Waals surface area contributed by atoms with Crippen LogP contribution in [0.4, 0.5) is 10.1 Å². The summed E-state index contributed by atoms with van der Waals surface area (Å²) < 4.78 is 19.9. The first-order valence-corrected chi connectivity index (χ1v) is 10.6. The van der Waals surface area contributed by atoms with Crippen LogP contribution in [0.5, 0.6) is 0 Å². The van der Waals surface area contributed by atoms with E-state index in [1.807, 2.05) is 0 Å². The molecule has 3 aromatic carbocycles. The Morgan fingerprint density at radius 2 is 1.58 bits per heavy atom. The standard InChI is InChI=1S/C26H20FN3O3/c27-22-8-4-3-7-21(22)23-15-28-26(33-23)20-6-2-1-5-19(20)25(32)30-17-11-9-16(10-12-17)24(31)29-18-13-14-18/h1-12,15,18H,13-14H2,(H,29,31)(H,30,32). The average Bonchev–Trinajstić information content (AvgIpc) is 3.52. The molecular weight excluding hydrogens is 421 g/mol. The molecule has 0 aliphatic heterocycles. The van der Waals surface area contributed by atoms with Crippen molar-refractivity contribution in [2.75, 3.05) is 5.32 Å². The average molecular weight is 441 g/mol. The topological polar surface area (TPSA) is 84.2 Å². The number of aromatic nitrogens is 1. The Labute approximate surface area is 189 Å². The summed E-state index contributed by atoms with van der Waals surface area (Å²) in [6, 6.07) is 20.2. The molecule has 1 aliphatic carbocycles. The minimum Gasteiger partial charge on any atom is -0.436 e. The molecule has 1 aromatic heterocycles. The van der Waals surface area contributed by atoms with Gasteiger partial charge in [-0.15, -0.1) is 0 Å². The second kappa shape index (κ2) is 8.70. The van der Waals surface area contributed by atoms with Gasteiger partial charge in [0.05, 0.1) is 17.3 Å². The van der Waals surface area contributed by atoms with Crippen molar-refractivity contribution in [3.05, 3.63) is 95.9 Å². The summed E-state index contributed by atoms with van der Waals surface area (Å²) in [5.74, 6) is -0.397. The highest BCUT2D eigenvalue weighted by Crippen LogP contribution is 2.30. The van der Waals surface area contributed by atoms with Crippen LogP contribution in [0.1, 0.15) is 33.6 Å². The summed E-state index contributed by atoms with van der Waals surface area (Å²) in [6.07, 6.45) is 3.48. The van der Waals surface area contributed by atoms with Gasteiger partial charge in [0.25, 0.3) is 11.8 Å². The lowest BCUT2D eigenvalue weighted by Gasteiger charge is -2.09. The maximum absolute atomic E-state index is 14.1. The second-order valence-electron chi connectivity index (χ2n) is 7.83. The zero-order valence-electron chi connectivity index (χ0n) is 17.5. The summed E-state index contributed by atoms with van der Waals surface area (Å²) in [4.78, 5) is 29.4. The smallest absolute Gasteiger partial charge is 0.256 e. The SMILES string of the molecule is O=C(NC1CC1)c1ccc(NC(=O)c2ccccc2-c2ncc(-c3ccccc3F)o2)cc1. The van der Waals surface area contributed by atoms with Crippen molar-refractivity contribution in [3.63, 3.8) is 0 Å². The van der Waals surface area contributed by atoms with Gasteiger partial charge in [0, 0.05) is 22.9 Å². The molecule has 33 heavy (non-hydrogen) atoms. The van der Waals surface area contributed by atoms with Crippen LogP contribution >= 0.6 is 0 Å². The maximum Gasteiger partial charge on any atom is 0.256 e. The van der Waals surface area contributed by atoms with Crippen LogP contribution in [0.25, 0.3) is 22.8 Å². The van der Waals surface area contributed by atoms with E-state index in [0.717, 1.165) is 12.8 Å². The van der Waals surface area contributed by atoms with Crippen LogP contribution in [0.15, 0.2) is 83.4 Å². The summed E-state index contributed by atoms with van der Waals surface area (Å²) >= 11 is 0. The maximum atomic E-state index is 14.1. The number of nitrogens with one attached hydrogen (secondary N) is 2. The molecular formula is C26H20FN3O3. The molecule has 164 valence electrons. The molecule has 0 unspecified atom stereocenters. The van der Waals surface area contributed by atoms with E-state index in [9.17, 15) is 14.0 Å². The largest absolute Gasteiger partial charge is 0.436 e. The van der Waals surface area contributed by atoms with E-state index >= 15 is 0 Å². The van der Waals surface area contributed by atoms with Crippen molar-refractivity contribution in [2.45, 2.75) is 18.9 Å². The third-order valence-electron chi connectivity index (χ3n) is 5.36. The van der Waals surface area contributed by atoms with Crippen LogP contribution in [-0.4, -0.2) is 22.8 Å². The molecule has 0 bridgehead atoms. The van der Waals surface area contributed by atoms with E-state index in [1.165, 1.54) is 12.3 Å². The number of amides is 2. The van der Waals surface area contributed by atoms with Crippen LogP contribution in [-0.2, 0) is 0 Å². The lowest BCUT2D eigenvalue weighted by atomic mass is 10.1. The molecule has 0 saturated heterocycles. The predicted octanol–water partition coefficient (Wildman–Crippen LogP) is 5.29. The minimum absolute atomic E-state index is 0.115. The fourth-order valence-electron chi connectivity index (χ4n) is 3.45. The van der Waals surface area contributed by atoms with Gasteiger partial charge in [-0.25, -0.2) is 9.37 Å². The van der Waals surface area contributed by atoms with E-state index in [0.29, 0.717) is 27.9 Å². The third-order valence-corrected chi connectivity index (χ3v) is 5.36. The normalized spacial score (nSPS) is 12.9. The lowest BCUT2D eigenvalue weighted by Crippen LogP contribution is -2.25. The van der Waals surface area contributed by atoms with Gasteiger partial charge in [-0.05, 0) is 61.4 Å². The second-order valence-corrected chi connectivity index (χ2v) is 7.83. The third kappa shape index (κ3) is 4.52. The van der Waals surface area contributed by atoms with Gasteiger partial charge >= 0.3 is 0 Å². The molecule has 0 spiro atoms. The number of carbonyl (C=O) groups excluding carboxylic acids is 2. The molecule has 1 fully saturated rings. The molecule has 1 aliphatic rings. The van der Waals surface area contributed by atoms with Crippen LogP contribution in [0, 0.1) is 5.82 Å². The monoisotopic (exact) mass is 441 g/mol.